The molecule has 0 aromatic heterocycles. The summed E-state index contributed by atoms with van der Waals surface area (Å²) in [6.45, 7) is 6.20. The summed E-state index contributed by atoms with van der Waals surface area (Å²) in [4.78, 5) is 25.9. The quantitative estimate of drug-likeness (QED) is 0.601. The highest BCUT2D eigenvalue weighted by Gasteiger charge is 2.11. The fourth-order valence-corrected chi connectivity index (χ4v) is 2.27. The smallest absolute Gasteiger partial charge is 0.234 e. The van der Waals surface area contributed by atoms with Gasteiger partial charge >= 0.3 is 0 Å². The van der Waals surface area contributed by atoms with Crippen LogP contribution in [0.25, 0.3) is 0 Å². The summed E-state index contributed by atoms with van der Waals surface area (Å²) in [6, 6.07) is 7.56. The zero-order valence-corrected chi connectivity index (χ0v) is 15.8. The van der Waals surface area contributed by atoms with Crippen molar-refractivity contribution in [3.63, 3.8) is 0 Å². The summed E-state index contributed by atoms with van der Waals surface area (Å²) in [5.41, 5.74) is 1.71. The molecule has 0 fully saturated rings. The Morgan fingerprint density at radius 2 is 2.08 bits per heavy atom. The minimum absolute atomic E-state index is 0.0152. The van der Waals surface area contributed by atoms with Crippen molar-refractivity contribution >= 4 is 17.5 Å². The molecule has 0 heterocycles. The normalized spacial score (nSPS) is 12.0. The molecule has 0 saturated carbocycles. The summed E-state index contributed by atoms with van der Waals surface area (Å²) < 4.78 is 5.01. The molecule has 0 bridgehead atoms. The maximum absolute atomic E-state index is 12.0. The number of carbonyl (C=O) groups is 2. The maximum Gasteiger partial charge on any atom is 0.234 e. The molecule has 0 aliphatic heterocycles. The molecule has 25 heavy (non-hydrogen) atoms. The molecule has 2 N–H and O–H groups in total. The third-order valence-electron chi connectivity index (χ3n) is 4.05. The Morgan fingerprint density at radius 1 is 1.32 bits per heavy atom. The molecule has 1 atom stereocenters. The monoisotopic (exact) mass is 349 g/mol. The van der Waals surface area contributed by atoms with E-state index in [-0.39, 0.29) is 17.7 Å². The number of nitrogens with one attached hydrogen (secondary N) is 2. The Morgan fingerprint density at radius 3 is 2.76 bits per heavy atom. The number of carbonyl (C=O) groups excluding carboxylic acids is 2. The molecule has 2 amide bonds. The fraction of sp³-hybridized carbons (Fsp3) is 0.579. The molecule has 6 nitrogen and oxygen atoms in total. The van der Waals surface area contributed by atoms with Crippen molar-refractivity contribution < 1.29 is 14.3 Å². The lowest BCUT2D eigenvalue weighted by Crippen LogP contribution is -2.35. The van der Waals surface area contributed by atoms with Gasteiger partial charge in [-0.25, -0.2) is 0 Å². The summed E-state index contributed by atoms with van der Waals surface area (Å²) in [5, 5.41) is 5.82. The van der Waals surface area contributed by atoms with Gasteiger partial charge in [0.2, 0.25) is 11.8 Å². The second kappa shape index (κ2) is 11.6. The predicted molar refractivity (Wildman–Crippen MR) is 100 cm³/mol. The van der Waals surface area contributed by atoms with Crippen LogP contribution in [-0.2, 0) is 20.9 Å². The van der Waals surface area contributed by atoms with Gasteiger partial charge in [-0.2, -0.15) is 0 Å². The lowest BCUT2D eigenvalue weighted by atomic mass is 10.1. The molecule has 140 valence electrons. The van der Waals surface area contributed by atoms with Gasteiger partial charge in [-0.3, -0.25) is 14.5 Å². The molecule has 1 aromatic rings. The summed E-state index contributed by atoms with van der Waals surface area (Å²) in [5.74, 6) is -0.0210. The van der Waals surface area contributed by atoms with Crippen LogP contribution in [0.1, 0.15) is 32.3 Å². The molecule has 0 radical (unpaired) electrons. The summed E-state index contributed by atoms with van der Waals surface area (Å²) in [6.07, 6.45) is 1.71. The maximum atomic E-state index is 12.0. The Bertz CT molecular complexity index is 548. The first-order valence-electron chi connectivity index (χ1n) is 8.80. The molecule has 0 aliphatic carbocycles. The van der Waals surface area contributed by atoms with Gasteiger partial charge in [0, 0.05) is 38.4 Å². The van der Waals surface area contributed by atoms with Crippen molar-refractivity contribution in [2.75, 3.05) is 39.2 Å². The lowest BCUT2D eigenvalue weighted by Gasteiger charge is -2.16. The number of ether oxygens (including phenoxy) is 1. The number of anilines is 1. The first kappa shape index (κ1) is 21.1. The Hall–Kier alpha value is -1.92. The molecular weight excluding hydrogens is 318 g/mol. The van der Waals surface area contributed by atoms with E-state index in [0.717, 1.165) is 30.6 Å². The molecule has 0 saturated heterocycles. The van der Waals surface area contributed by atoms with Crippen LogP contribution >= 0.6 is 0 Å². The standard InChI is InChI=1S/C19H31N3O3/c1-5-15(2)19(24)21-17-9-6-8-16(12-17)13-20-18(23)14-22(3)10-7-11-25-4/h6,8-9,12,15H,5,7,10-11,13-14H2,1-4H3,(H,20,23)(H,21,24). The van der Waals surface area contributed by atoms with E-state index < -0.39 is 0 Å². The zero-order chi connectivity index (χ0) is 18.7. The average Bonchev–Trinajstić information content (AvgIpc) is 2.59. The van der Waals surface area contributed by atoms with E-state index >= 15 is 0 Å². The molecule has 1 unspecified atom stereocenters. The molecular formula is C19H31N3O3. The van der Waals surface area contributed by atoms with Gasteiger partial charge in [0.15, 0.2) is 0 Å². The van der Waals surface area contributed by atoms with Gasteiger partial charge in [0.25, 0.3) is 0 Å². The zero-order valence-electron chi connectivity index (χ0n) is 15.8. The van der Waals surface area contributed by atoms with Crippen LogP contribution in [0.3, 0.4) is 0 Å². The third kappa shape index (κ3) is 8.65. The van der Waals surface area contributed by atoms with Crippen LogP contribution in [0, 0.1) is 5.92 Å². The van der Waals surface area contributed by atoms with Gasteiger partial charge < -0.3 is 15.4 Å². The van der Waals surface area contributed by atoms with Crippen molar-refractivity contribution in [2.24, 2.45) is 5.92 Å². The van der Waals surface area contributed by atoms with E-state index in [4.69, 9.17) is 4.74 Å². The van der Waals surface area contributed by atoms with Crippen LogP contribution in [-0.4, -0.2) is 50.6 Å². The first-order valence-corrected chi connectivity index (χ1v) is 8.80. The Kier molecular flexibility index (Phi) is 9.80. The number of benzene rings is 1. The van der Waals surface area contributed by atoms with Gasteiger partial charge in [0.1, 0.15) is 0 Å². The highest BCUT2D eigenvalue weighted by Crippen LogP contribution is 2.13. The summed E-state index contributed by atoms with van der Waals surface area (Å²) in [7, 11) is 3.59. The van der Waals surface area contributed by atoms with E-state index in [1.54, 1.807) is 7.11 Å². The minimum Gasteiger partial charge on any atom is -0.385 e. The number of rotatable bonds is 11. The first-order chi connectivity index (χ1) is 12.0. The Balaban J connectivity index is 2.43. The minimum atomic E-state index is -0.0195. The van der Waals surface area contributed by atoms with E-state index in [9.17, 15) is 9.59 Å². The largest absolute Gasteiger partial charge is 0.385 e. The van der Waals surface area contributed by atoms with Gasteiger partial charge in [-0.15, -0.1) is 0 Å². The van der Waals surface area contributed by atoms with Crippen LogP contribution in [0.5, 0.6) is 0 Å². The van der Waals surface area contributed by atoms with Gasteiger partial charge in [-0.1, -0.05) is 26.0 Å². The number of likely N-dealkylation sites (N-methyl/N-ethyl adjacent to an activating group) is 1. The van der Waals surface area contributed by atoms with E-state index in [0.29, 0.717) is 19.7 Å². The highest BCUT2D eigenvalue weighted by molar-refractivity contribution is 5.92. The number of amides is 2. The van der Waals surface area contributed by atoms with Crippen molar-refractivity contribution in [1.29, 1.82) is 0 Å². The molecule has 0 aliphatic rings. The molecule has 6 heteroatoms. The number of nitrogens with zero attached hydrogens (tertiary/aromatic N) is 1. The fourth-order valence-electron chi connectivity index (χ4n) is 2.27. The van der Waals surface area contributed by atoms with Crippen LogP contribution in [0.4, 0.5) is 5.69 Å². The number of methoxy groups -OCH3 is 1. The van der Waals surface area contributed by atoms with Crippen molar-refractivity contribution in [3.8, 4) is 0 Å². The SMILES string of the molecule is CCC(C)C(=O)Nc1cccc(CNC(=O)CN(C)CCCOC)c1. The number of hydrogen-bond acceptors (Lipinski definition) is 4. The van der Waals surface area contributed by atoms with Crippen molar-refractivity contribution in [3.05, 3.63) is 29.8 Å². The second-order valence-electron chi connectivity index (χ2n) is 6.36. The average molecular weight is 349 g/mol. The second-order valence-corrected chi connectivity index (χ2v) is 6.36. The lowest BCUT2D eigenvalue weighted by molar-refractivity contribution is -0.122. The Labute approximate surface area is 150 Å². The topological polar surface area (TPSA) is 70.7 Å². The van der Waals surface area contributed by atoms with Gasteiger partial charge in [-0.05, 0) is 37.6 Å². The summed E-state index contributed by atoms with van der Waals surface area (Å²) >= 11 is 0. The van der Waals surface area contributed by atoms with E-state index in [1.807, 2.05) is 50.1 Å². The van der Waals surface area contributed by atoms with E-state index in [2.05, 4.69) is 10.6 Å². The molecule has 0 spiro atoms. The van der Waals surface area contributed by atoms with Crippen molar-refractivity contribution in [1.82, 2.24) is 10.2 Å². The van der Waals surface area contributed by atoms with Gasteiger partial charge in [0.05, 0.1) is 6.54 Å². The number of hydrogen-bond donors (Lipinski definition) is 2. The van der Waals surface area contributed by atoms with Crippen LogP contribution < -0.4 is 10.6 Å². The van der Waals surface area contributed by atoms with Crippen LogP contribution in [0.2, 0.25) is 0 Å². The third-order valence-corrected chi connectivity index (χ3v) is 4.05. The van der Waals surface area contributed by atoms with Crippen molar-refractivity contribution in [2.45, 2.75) is 33.2 Å². The highest BCUT2D eigenvalue weighted by atomic mass is 16.5. The van der Waals surface area contributed by atoms with Crippen LogP contribution in [0.15, 0.2) is 24.3 Å². The molecule has 1 rings (SSSR count). The van der Waals surface area contributed by atoms with E-state index in [1.165, 1.54) is 0 Å². The predicted octanol–water partition coefficient (Wildman–Crippen LogP) is 2.26. The molecule has 1 aromatic carbocycles.